The van der Waals surface area contributed by atoms with Gasteiger partial charge in [-0.3, -0.25) is 57.5 Å². The summed E-state index contributed by atoms with van der Waals surface area (Å²) in [6.07, 6.45) is 2.89. The fourth-order valence-corrected chi connectivity index (χ4v) is 14.9. The van der Waals surface area contributed by atoms with Crippen LogP contribution in [-0.2, 0) is 70.1 Å². The number of likely N-dealkylation sites (N-methyl/N-ethyl adjacent to an activating group) is 6. The van der Waals surface area contributed by atoms with Gasteiger partial charge in [0.15, 0.2) is 0 Å². The lowest BCUT2D eigenvalue weighted by molar-refractivity contribution is -0.150. The maximum Gasteiger partial charge on any atom is 0.417 e. The third kappa shape index (κ3) is 21.0. The zero-order chi connectivity index (χ0) is 73.5. The molecular formula is C71H110ClF3N12O12. The van der Waals surface area contributed by atoms with Gasteiger partial charge in [0.1, 0.15) is 47.8 Å². The normalized spacial score (nSPS) is 26.4. The Morgan fingerprint density at radius 2 is 1.24 bits per heavy atom. The molecule has 0 bridgehead atoms. The summed E-state index contributed by atoms with van der Waals surface area (Å²) in [6.45, 7) is 12.0. The van der Waals surface area contributed by atoms with Crippen LogP contribution in [0.1, 0.15) is 182 Å². The second-order valence-electron chi connectivity index (χ2n) is 29.4. The Morgan fingerprint density at radius 1 is 0.636 bits per heavy atom. The minimum atomic E-state index is -4.76. The molecule has 6 rings (SSSR count). The van der Waals surface area contributed by atoms with E-state index >= 15 is 19.2 Å². The van der Waals surface area contributed by atoms with Crippen molar-refractivity contribution in [2.75, 3.05) is 81.6 Å². The molecule has 1 unspecified atom stereocenters. The standard InChI is InChI=1S/C71H110ClF3N12O12/c1-14-45(6)60-68(98)82(10)41-58(90)80(8)42-59(91)84(12)55(38-47-22-17-16-18-23-47)67(97)81(9)40-56(88)76-51(28-26-48-25-27-49(50(72)37-48)71(73,74)75)66(96)87-33-21-24-53(87)63(93)79-70(31-19-20-32-70)69(99)85(13)61(46(7)15-2)64(94)77-52(65(95)86-34-29-44(5)30-35-86)39-57(89)83(11)54(36-43(3)4)62(92)78-60/h25,27,37,43-47,51-55,60-61H,14-24,26,28-36,38-42H2,1-13H3,(H,76,88)(H,77,94)(H,78,92)(H,79,93)/t45-,46-,51-,52-,53?,54-,55-,60-,61-/m0/s1. The van der Waals surface area contributed by atoms with Crippen molar-refractivity contribution >= 4 is 82.5 Å². The van der Waals surface area contributed by atoms with Gasteiger partial charge in [0.25, 0.3) is 0 Å². The lowest BCUT2D eigenvalue weighted by Crippen LogP contribution is -2.65. The predicted molar refractivity (Wildman–Crippen MR) is 366 cm³/mol. The van der Waals surface area contributed by atoms with Gasteiger partial charge < -0.3 is 60.5 Å². The van der Waals surface area contributed by atoms with Crippen molar-refractivity contribution < 1.29 is 70.7 Å². The van der Waals surface area contributed by atoms with E-state index in [-0.39, 0.29) is 63.3 Å². The van der Waals surface area contributed by atoms with Gasteiger partial charge in [0, 0.05) is 61.9 Å². The van der Waals surface area contributed by atoms with E-state index in [4.69, 9.17) is 11.6 Å². The average molecular weight is 1420 g/mol. The Morgan fingerprint density at radius 3 is 1.84 bits per heavy atom. The third-order valence-electron chi connectivity index (χ3n) is 21.4. The molecule has 0 aromatic heterocycles. The van der Waals surface area contributed by atoms with E-state index in [0.29, 0.717) is 69.5 Å². The van der Waals surface area contributed by atoms with Gasteiger partial charge in [-0.05, 0) is 111 Å². The molecule has 1 aromatic carbocycles. The van der Waals surface area contributed by atoms with Gasteiger partial charge in [0.2, 0.25) is 70.9 Å². The number of benzene rings is 1. The molecule has 2 saturated carbocycles. The number of hydrogen-bond acceptors (Lipinski definition) is 12. The summed E-state index contributed by atoms with van der Waals surface area (Å²) in [5, 5.41) is 11.0. The number of halogens is 4. The number of alkyl halides is 3. The minimum Gasteiger partial charge on any atom is -0.343 e. The first kappa shape index (κ1) is 80.9. The Hall–Kier alpha value is -7.06. The second kappa shape index (κ2) is 36.0. The first-order valence-electron chi connectivity index (χ1n) is 35.7. The van der Waals surface area contributed by atoms with Crippen LogP contribution in [-0.4, -0.2) is 239 Å². The molecule has 3 saturated heterocycles. The maximum absolute atomic E-state index is 15.4. The van der Waals surface area contributed by atoms with Crippen LogP contribution in [0.3, 0.4) is 0 Å². The SMILES string of the molecule is CC[C@H](C)[C@@H]1NC(=O)[C@H](CC(C)C)N(C)C(=O)C[C@@H](C(=O)N2CCC(C)CC2)NC(=O)[C@H]([C@@H](C)CC)N(C)C(=O)C2(CCCC2)NC(=O)C2CCCN2C(=O)[C@H](CCc2ccc(C(F)(F)F)c(Cl)c2)NC(=O)CN(C)C(=O)[C@H](CC2CCCCC2)N(C)C(=O)CN(C)C(=O)CN(C)C1=O. The van der Waals surface area contributed by atoms with Gasteiger partial charge in [0.05, 0.1) is 36.6 Å². The summed E-state index contributed by atoms with van der Waals surface area (Å²) in [5.74, 6) is -8.93. The molecule has 12 amide bonds. The molecule has 99 heavy (non-hydrogen) atoms. The molecule has 28 heteroatoms. The second-order valence-corrected chi connectivity index (χ2v) is 29.8. The number of hydrogen-bond donors (Lipinski definition) is 4. The van der Waals surface area contributed by atoms with E-state index < -0.39 is 173 Å². The van der Waals surface area contributed by atoms with Crippen LogP contribution in [0, 0.1) is 29.6 Å². The molecule has 554 valence electrons. The number of amides is 12. The van der Waals surface area contributed by atoms with Crippen molar-refractivity contribution in [3.63, 3.8) is 0 Å². The van der Waals surface area contributed by atoms with Crippen LogP contribution in [0.2, 0.25) is 5.02 Å². The fourth-order valence-electron chi connectivity index (χ4n) is 14.6. The minimum absolute atomic E-state index is 0.0177. The summed E-state index contributed by atoms with van der Waals surface area (Å²) in [4.78, 5) is 188. The van der Waals surface area contributed by atoms with Crippen molar-refractivity contribution in [3.05, 3.63) is 34.3 Å². The lowest BCUT2D eigenvalue weighted by atomic mass is 9.84. The van der Waals surface area contributed by atoms with E-state index in [2.05, 4.69) is 28.2 Å². The molecule has 3 heterocycles. The summed E-state index contributed by atoms with van der Waals surface area (Å²) in [5.41, 5.74) is -2.36. The van der Waals surface area contributed by atoms with E-state index in [1.165, 1.54) is 68.0 Å². The highest BCUT2D eigenvalue weighted by Gasteiger charge is 2.50. The number of aryl methyl sites for hydroxylation is 1. The van der Waals surface area contributed by atoms with E-state index in [1.807, 2.05) is 27.7 Å². The van der Waals surface area contributed by atoms with Crippen LogP contribution >= 0.6 is 11.6 Å². The first-order valence-corrected chi connectivity index (χ1v) is 36.1. The van der Waals surface area contributed by atoms with Gasteiger partial charge in [-0.25, -0.2) is 0 Å². The molecule has 1 aromatic rings. The number of likely N-dealkylation sites (tertiary alicyclic amines) is 1. The summed E-state index contributed by atoms with van der Waals surface area (Å²) in [6, 6.07) is -5.74. The highest BCUT2D eigenvalue weighted by molar-refractivity contribution is 6.31. The Balaban J connectivity index is 1.42. The van der Waals surface area contributed by atoms with Crippen LogP contribution in [0.5, 0.6) is 0 Å². The fraction of sp³-hybridized carbons (Fsp3) is 0.746. The van der Waals surface area contributed by atoms with Crippen LogP contribution < -0.4 is 21.3 Å². The van der Waals surface area contributed by atoms with Crippen molar-refractivity contribution in [1.82, 2.24) is 60.5 Å². The number of nitrogens with zero attached hydrogens (tertiary/aromatic N) is 8. The van der Waals surface area contributed by atoms with Crippen LogP contribution in [0.25, 0.3) is 0 Å². The van der Waals surface area contributed by atoms with Crippen molar-refractivity contribution in [3.8, 4) is 0 Å². The Bertz CT molecular complexity index is 3060. The summed E-state index contributed by atoms with van der Waals surface area (Å²) in [7, 11) is 8.44. The number of piperidine rings is 1. The quantitative estimate of drug-likeness (QED) is 0.194. The molecular weight excluding hydrogens is 1310 g/mol. The summed E-state index contributed by atoms with van der Waals surface area (Å²) >= 11 is 6.14. The topological polar surface area (TPSA) is 279 Å². The first-order chi connectivity index (χ1) is 46.5. The molecule has 0 radical (unpaired) electrons. The van der Waals surface area contributed by atoms with Crippen LogP contribution in [0.4, 0.5) is 13.2 Å². The largest absolute Gasteiger partial charge is 0.417 e. The van der Waals surface area contributed by atoms with Gasteiger partial charge >= 0.3 is 6.18 Å². The van der Waals surface area contributed by atoms with Gasteiger partial charge in [-0.1, -0.05) is 124 Å². The molecule has 2 aliphatic carbocycles. The third-order valence-corrected chi connectivity index (χ3v) is 21.7. The zero-order valence-corrected chi connectivity index (χ0v) is 61.3. The molecule has 24 nitrogen and oxygen atoms in total. The monoisotopic (exact) mass is 1410 g/mol. The number of fused-ring (bicyclic) bond motifs is 1. The molecule has 5 aliphatic rings. The van der Waals surface area contributed by atoms with E-state index in [0.717, 1.165) is 58.9 Å². The molecule has 5 fully saturated rings. The van der Waals surface area contributed by atoms with Crippen molar-refractivity contribution in [2.45, 2.75) is 231 Å². The van der Waals surface area contributed by atoms with Crippen molar-refractivity contribution in [1.29, 1.82) is 0 Å². The molecule has 3 aliphatic heterocycles. The van der Waals surface area contributed by atoms with E-state index in [9.17, 15) is 51.5 Å². The van der Waals surface area contributed by atoms with E-state index in [1.54, 1.807) is 18.7 Å². The van der Waals surface area contributed by atoms with Crippen LogP contribution in [0.15, 0.2) is 18.2 Å². The average Bonchev–Trinajstić information content (AvgIpc) is 1.74. The molecule has 1 spiro atoms. The van der Waals surface area contributed by atoms with Crippen molar-refractivity contribution in [2.24, 2.45) is 29.6 Å². The number of nitrogens with one attached hydrogen (secondary N) is 4. The van der Waals surface area contributed by atoms with Gasteiger partial charge in [-0.2, -0.15) is 13.2 Å². The number of carbonyl (C=O) groups excluding carboxylic acids is 12. The predicted octanol–water partition coefficient (Wildman–Crippen LogP) is 5.79. The highest BCUT2D eigenvalue weighted by atomic mass is 35.5. The Labute approximate surface area is 587 Å². The summed E-state index contributed by atoms with van der Waals surface area (Å²) < 4.78 is 41.5. The lowest BCUT2D eigenvalue weighted by Gasteiger charge is -2.40. The zero-order valence-electron chi connectivity index (χ0n) is 60.5. The smallest absolute Gasteiger partial charge is 0.343 e. The molecule has 9 atom stereocenters. The number of carbonyl (C=O) groups is 12. The Kier molecular flexibility index (Phi) is 29.4. The number of rotatable bonds is 12. The maximum atomic E-state index is 15.4. The van der Waals surface area contributed by atoms with Gasteiger partial charge in [-0.15, -0.1) is 0 Å². The molecule has 4 N–H and O–H groups in total. The highest BCUT2D eigenvalue weighted by Crippen LogP contribution is 2.37.